The van der Waals surface area contributed by atoms with Crippen molar-refractivity contribution in [3.05, 3.63) is 0 Å². The van der Waals surface area contributed by atoms with Crippen molar-refractivity contribution in [2.45, 2.75) is 38.1 Å². The van der Waals surface area contributed by atoms with Gasteiger partial charge in [-0.3, -0.25) is 9.69 Å². The van der Waals surface area contributed by atoms with Crippen molar-refractivity contribution in [3.8, 4) is 0 Å². The lowest BCUT2D eigenvalue weighted by molar-refractivity contribution is -0.143. The van der Waals surface area contributed by atoms with E-state index in [-0.39, 0.29) is 6.04 Å². The Labute approximate surface area is 110 Å². The molecule has 1 fully saturated rings. The summed E-state index contributed by atoms with van der Waals surface area (Å²) in [5.41, 5.74) is 5.44. The molecule has 0 saturated carbocycles. The summed E-state index contributed by atoms with van der Waals surface area (Å²) in [6.45, 7) is 4.79. The number of likely N-dealkylation sites (N-methyl/N-ethyl adjacent to an activating group) is 1. The van der Waals surface area contributed by atoms with Crippen molar-refractivity contribution < 1.29 is 9.90 Å². The van der Waals surface area contributed by atoms with Gasteiger partial charge in [0.2, 0.25) is 0 Å². The Bertz CT molecular complexity index is 242. The third-order valence-corrected chi connectivity index (χ3v) is 3.72. The molecule has 1 heterocycles. The largest absolute Gasteiger partial charge is 0.480 e. The van der Waals surface area contributed by atoms with Crippen LogP contribution in [0.2, 0.25) is 0 Å². The molecule has 18 heavy (non-hydrogen) atoms. The summed E-state index contributed by atoms with van der Waals surface area (Å²) in [7, 11) is 1.91. The molecule has 5 heteroatoms. The van der Waals surface area contributed by atoms with Crippen molar-refractivity contribution in [1.29, 1.82) is 0 Å². The van der Waals surface area contributed by atoms with Crippen LogP contribution in [0, 0.1) is 0 Å². The lowest BCUT2D eigenvalue weighted by atomic mass is 10.1. The Kier molecular flexibility index (Phi) is 7.23. The fourth-order valence-corrected chi connectivity index (χ4v) is 2.48. The van der Waals surface area contributed by atoms with Crippen LogP contribution in [0.25, 0.3) is 0 Å². The van der Waals surface area contributed by atoms with Gasteiger partial charge in [-0.15, -0.1) is 0 Å². The summed E-state index contributed by atoms with van der Waals surface area (Å²) in [6, 6.07) is -0.362. The summed E-state index contributed by atoms with van der Waals surface area (Å²) in [6.07, 6.45) is 5.06. The maximum absolute atomic E-state index is 11.2. The van der Waals surface area contributed by atoms with E-state index in [1.54, 1.807) is 0 Å². The molecule has 106 valence electrons. The summed E-state index contributed by atoms with van der Waals surface area (Å²) < 4.78 is 0. The van der Waals surface area contributed by atoms with Gasteiger partial charge in [-0.25, -0.2) is 0 Å². The van der Waals surface area contributed by atoms with Gasteiger partial charge in [0.15, 0.2) is 0 Å². The molecule has 0 aromatic heterocycles. The highest BCUT2D eigenvalue weighted by Crippen LogP contribution is 2.10. The first-order valence-corrected chi connectivity index (χ1v) is 7.00. The minimum atomic E-state index is -0.712. The van der Waals surface area contributed by atoms with Gasteiger partial charge < -0.3 is 15.7 Å². The second-order valence-electron chi connectivity index (χ2n) is 5.17. The maximum atomic E-state index is 11.2. The Balaban J connectivity index is 2.28. The SMILES string of the molecule is CN(CCN1CCCC1)C(CCCCN)C(=O)O. The highest BCUT2D eigenvalue weighted by Gasteiger charge is 2.22. The number of unbranched alkanes of at least 4 members (excludes halogenated alkanes) is 1. The lowest BCUT2D eigenvalue weighted by Crippen LogP contribution is -2.42. The number of carbonyl (C=O) groups is 1. The molecule has 0 bridgehead atoms. The van der Waals surface area contributed by atoms with Crippen LogP contribution in [-0.2, 0) is 4.79 Å². The van der Waals surface area contributed by atoms with Crippen LogP contribution in [0.15, 0.2) is 0 Å². The molecular formula is C13H27N3O2. The van der Waals surface area contributed by atoms with E-state index >= 15 is 0 Å². The first-order valence-electron chi connectivity index (χ1n) is 7.00. The van der Waals surface area contributed by atoms with Gasteiger partial charge in [0.1, 0.15) is 6.04 Å². The van der Waals surface area contributed by atoms with E-state index in [1.165, 1.54) is 25.9 Å². The van der Waals surface area contributed by atoms with Gasteiger partial charge in [0.05, 0.1) is 0 Å². The molecular weight excluding hydrogens is 230 g/mol. The van der Waals surface area contributed by atoms with Crippen LogP contribution in [-0.4, -0.2) is 66.7 Å². The third kappa shape index (κ3) is 5.33. The second kappa shape index (κ2) is 8.45. The number of hydrogen-bond acceptors (Lipinski definition) is 4. The molecule has 0 aliphatic carbocycles. The predicted octanol–water partition coefficient (Wildman–Crippen LogP) is 0.596. The maximum Gasteiger partial charge on any atom is 0.320 e. The van der Waals surface area contributed by atoms with Crippen LogP contribution in [0.3, 0.4) is 0 Å². The van der Waals surface area contributed by atoms with E-state index in [4.69, 9.17) is 5.73 Å². The fourth-order valence-electron chi connectivity index (χ4n) is 2.48. The van der Waals surface area contributed by atoms with Crippen LogP contribution in [0.1, 0.15) is 32.1 Å². The smallest absolute Gasteiger partial charge is 0.320 e. The number of hydrogen-bond donors (Lipinski definition) is 2. The number of nitrogens with zero attached hydrogens (tertiary/aromatic N) is 2. The van der Waals surface area contributed by atoms with Crippen molar-refractivity contribution >= 4 is 5.97 Å². The number of carboxylic acid groups (broad SMARTS) is 1. The zero-order valence-corrected chi connectivity index (χ0v) is 11.5. The molecule has 1 saturated heterocycles. The van der Waals surface area contributed by atoms with Crippen LogP contribution < -0.4 is 5.73 Å². The van der Waals surface area contributed by atoms with E-state index in [1.807, 2.05) is 11.9 Å². The Morgan fingerprint density at radius 1 is 1.39 bits per heavy atom. The normalized spacial score (nSPS) is 18.4. The van der Waals surface area contributed by atoms with Crippen LogP contribution >= 0.6 is 0 Å². The highest BCUT2D eigenvalue weighted by atomic mass is 16.4. The van der Waals surface area contributed by atoms with Crippen LogP contribution in [0.5, 0.6) is 0 Å². The number of carboxylic acids is 1. The summed E-state index contributed by atoms with van der Waals surface area (Å²) >= 11 is 0. The van der Waals surface area contributed by atoms with E-state index in [0.29, 0.717) is 13.0 Å². The number of rotatable bonds is 9. The zero-order valence-electron chi connectivity index (χ0n) is 11.5. The standard InChI is InChI=1S/C13H27N3O2/c1-15(10-11-16-8-4-5-9-16)12(13(17)18)6-2-3-7-14/h12H,2-11,14H2,1H3,(H,17,18). The van der Waals surface area contributed by atoms with E-state index in [0.717, 1.165) is 25.9 Å². The average Bonchev–Trinajstić information content (AvgIpc) is 2.84. The molecule has 0 amide bonds. The van der Waals surface area contributed by atoms with Gasteiger partial charge in [-0.2, -0.15) is 0 Å². The van der Waals surface area contributed by atoms with Gasteiger partial charge in [-0.05, 0) is 52.4 Å². The molecule has 1 atom stereocenters. The minimum absolute atomic E-state index is 0.362. The van der Waals surface area contributed by atoms with Crippen molar-refractivity contribution in [2.24, 2.45) is 5.73 Å². The van der Waals surface area contributed by atoms with Gasteiger partial charge in [0.25, 0.3) is 0 Å². The first-order chi connectivity index (χ1) is 8.65. The van der Waals surface area contributed by atoms with Gasteiger partial charge >= 0.3 is 5.97 Å². The van der Waals surface area contributed by atoms with Gasteiger partial charge in [-0.1, -0.05) is 6.42 Å². The molecule has 0 aromatic rings. The molecule has 1 rings (SSSR count). The van der Waals surface area contributed by atoms with Crippen molar-refractivity contribution in [2.75, 3.05) is 39.8 Å². The number of nitrogens with two attached hydrogens (primary N) is 1. The molecule has 1 aliphatic heterocycles. The average molecular weight is 257 g/mol. The number of aliphatic carboxylic acids is 1. The Hall–Kier alpha value is -0.650. The summed E-state index contributed by atoms with van der Waals surface area (Å²) in [5.74, 6) is -0.712. The van der Waals surface area contributed by atoms with E-state index in [2.05, 4.69) is 4.90 Å². The predicted molar refractivity (Wildman–Crippen MR) is 72.6 cm³/mol. The van der Waals surface area contributed by atoms with Crippen molar-refractivity contribution in [3.63, 3.8) is 0 Å². The molecule has 1 aliphatic rings. The van der Waals surface area contributed by atoms with Crippen molar-refractivity contribution in [1.82, 2.24) is 9.80 Å². The monoisotopic (exact) mass is 257 g/mol. The molecule has 0 radical (unpaired) electrons. The second-order valence-corrected chi connectivity index (χ2v) is 5.17. The molecule has 0 aromatic carbocycles. The minimum Gasteiger partial charge on any atom is -0.480 e. The Morgan fingerprint density at radius 3 is 2.61 bits per heavy atom. The van der Waals surface area contributed by atoms with Crippen LogP contribution in [0.4, 0.5) is 0 Å². The van der Waals surface area contributed by atoms with E-state index in [9.17, 15) is 9.90 Å². The molecule has 0 spiro atoms. The number of likely N-dealkylation sites (tertiary alicyclic amines) is 1. The third-order valence-electron chi connectivity index (χ3n) is 3.72. The molecule has 1 unspecified atom stereocenters. The Morgan fingerprint density at radius 2 is 2.06 bits per heavy atom. The van der Waals surface area contributed by atoms with Gasteiger partial charge in [0, 0.05) is 13.1 Å². The fraction of sp³-hybridized carbons (Fsp3) is 0.923. The summed E-state index contributed by atoms with van der Waals surface area (Å²) in [5, 5.41) is 9.25. The summed E-state index contributed by atoms with van der Waals surface area (Å²) in [4.78, 5) is 15.6. The van der Waals surface area contributed by atoms with E-state index < -0.39 is 5.97 Å². The quantitative estimate of drug-likeness (QED) is 0.592. The highest BCUT2D eigenvalue weighted by molar-refractivity contribution is 5.73. The lowest BCUT2D eigenvalue weighted by Gasteiger charge is -2.26. The first kappa shape index (κ1) is 15.4. The zero-order chi connectivity index (χ0) is 13.4. The molecule has 5 nitrogen and oxygen atoms in total. The topological polar surface area (TPSA) is 69.8 Å². The molecule has 3 N–H and O–H groups in total.